The van der Waals surface area contributed by atoms with E-state index in [2.05, 4.69) is 0 Å². The molecule has 2 aromatic rings. The van der Waals surface area contributed by atoms with E-state index in [-0.39, 0.29) is 17.3 Å². The van der Waals surface area contributed by atoms with Gasteiger partial charge in [-0.2, -0.15) is 4.31 Å². The summed E-state index contributed by atoms with van der Waals surface area (Å²) in [6, 6.07) is 10.5. The molecule has 6 nitrogen and oxygen atoms in total. The lowest BCUT2D eigenvalue weighted by molar-refractivity contribution is 0.0546. The quantitative estimate of drug-likeness (QED) is 0.747. The van der Waals surface area contributed by atoms with Gasteiger partial charge in [0.25, 0.3) is 5.91 Å². The Bertz CT molecular complexity index is 969. The molecule has 1 spiro atoms. The van der Waals surface area contributed by atoms with E-state index >= 15 is 0 Å². The van der Waals surface area contributed by atoms with Gasteiger partial charge < -0.3 is 9.64 Å². The Hall–Kier alpha value is -1.90. The van der Waals surface area contributed by atoms with Crippen LogP contribution in [-0.4, -0.2) is 55.8 Å². The number of hydrogen-bond donors (Lipinski definition) is 0. The number of likely N-dealkylation sites (tertiary alicyclic amines) is 1. The number of para-hydroxylation sites is 1. The molecular formula is C18H20N2O4S2. The first-order valence-electron chi connectivity index (χ1n) is 8.41. The van der Waals surface area contributed by atoms with Gasteiger partial charge in [-0.05, 0) is 31.2 Å². The molecule has 8 heteroatoms. The molecule has 1 atom stereocenters. The van der Waals surface area contributed by atoms with Crippen LogP contribution in [0.15, 0.2) is 41.3 Å². The molecular weight excluding hydrogens is 372 g/mol. The van der Waals surface area contributed by atoms with E-state index in [1.807, 2.05) is 19.1 Å². The first-order valence-corrected chi connectivity index (χ1v) is 10.7. The largest absolute Gasteiger partial charge is 0.483 e. The lowest BCUT2D eigenvalue weighted by Gasteiger charge is -2.30. The van der Waals surface area contributed by atoms with E-state index in [1.54, 1.807) is 36.2 Å². The average Bonchev–Trinajstić information content (AvgIpc) is 3.19. The molecule has 1 aromatic carbocycles. The van der Waals surface area contributed by atoms with Gasteiger partial charge in [0.15, 0.2) is 0 Å². The van der Waals surface area contributed by atoms with Crippen LogP contribution in [0, 0.1) is 6.92 Å². The van der Waals surface area contributed by atoms with Crippen molar-refractivity contribution in [1.29, 1.82) is 0 Å². The molecule has 0 bridgehead atoms. The summed E-state index contributed by atoms with van der Waals surface area (Å²) in [4.78, 5) is 16.5. The van der Waals surface area contributed by atoms with Crippen LogP contribution in [0.5, 0.6) is 5.75 Å². The SMILES string of the molecule is Cc1ccc(C(=O)N2CC[C@]3(C2)CN(C)S(=O)(=O)c2ccccc2O3)s1. The summed E-state index contributed by atoms with van der Waals surface area (Å²) in [5.41, 5.74) is -0.726. The number of benzene rings is 1. The molecule has 2 aliphatic rings. The van der Waals surface area contributed by atoms with Gasteiger partial charge in [-0.3, -0.25) is 4.79 Å². The van der Waals surface area contributed by atoms with Gasteiger partial charge in [0.05, 0.1) is 18.0 Å². The summed E-state index contributed by atoms with van der Waals surface area (Å²) >= 11 is 1.47. The van der Waals surface area contributed by atoms with Crippen molar-refractivity contribution in [2.75, 3.05) is 26.7 Å². The number of rotatable bonds is 1. The topological polar surface area (TPSA) is 66.9 Å². The lowest BCUT2D eigenvalue weighted by Crippen LogP contribution is -2.48. The molecule has 26 heavy (non-hydrogen) atoms. The third-order valence-electron chi connectivity index (χ3n) is 4.93. The number of likely N-dealkylation sites (N-methyl/N-ethyl adjacent to an activating group) is 1. The highest BCUT2D eigenvalue weighted by atomic mass is 32.2. The van der Waals surface area contributed by atoms with Crippen LogP contribution in [0.2, 0.25) is 0 Å². The highest BCUT2D eigenvalue weighted by Gasteiger charge is 2.47. The molecule has 0 unspecified atom stereocenters. The molecule has 1 amide bonds. The Balaban J connectivity index is 1.65. The van der Waals surface area contributed by atoms with Crippen molar-refractivity contribution < 1.29 is 17.9 Å². The van der Waals surface area contributed by atoms with E-state index in [0.717, 1.165) is 4.88 Å². The number of carbonyl (C=O) groups is 1. The fourth-order valence-electron chi connectivity index (χ4n) is 3.61. The van der Waals surface area contributed by atoms with Crippen molar-refractivity contribution in [1.82, 2.24) is 9.21 Å². The molecule has 3 heterocycles. The number of ether oxygens (including phenoxy) is 1. The minimum atomic E-state index is -3.60. The molecule has 0 aliphatic carbocycles. The fraction of sp³-hybridized carbons (Fsp3) is 0.389. The van der Waals surface area contributed by atoms with Gasteiger partial charge in [0.1, 0.15) is 16.2 Å². The molecule has 2 aliphatic heterocycles. The minimum absolute atomic E-state index is 0.0217. The number of nitrogens with zero attached hydrogens (tertiary/aromatic N) is 2. The van der Waals surface area contributed by atoms with E-state index in [1.165, 1.54) is 15.6 Å². The summed E-state index contributed by atoms with van der Waals surface area (Å²) in [6.45, 7) is 3.11. The monoisotopic (exact) mass is 392 g/mol. The van der Waals surface area contributed by atoms with Gasteiger partial charge in [-0.25, -0.2) is 8.42 Å². The van der Waals surface area contributed by atoms with Crippen molar-refractivity contribution in [3.05, 3.63) is 46.2 Å². The molecule has 1 saturated heterocycles. The second-order valence-electron chi connectivity index (χ2n) is 6.88. The zero-order chi connectivity index (χ0) is 18.5. The maximum absolute atomic E-state index is 12.8. The second-order valence-corrected chi connectivity index (χ2v) is 10.2. The number of aryl methyl sites for hydroxylation is 1. The number of carbonyl (C=O) groups excluding carboxylic acids is 1. The van der Waals surface area contributed by atoms with E-state index < -0.39 is 15.6 Å². The molecule has 4 rings (SSSR count). The Morgan fingerprint density at radius 2 is 1.96 bits per heavy atom. The van der Waals surface area contributed by atoms with Crippen molar-refractivity contribution in [2.45, 2.75) is 23.8 Å². The maximum atomic E-state index is 12.8. The van der Waals surface area contributed by atoms with Crippen molar-refractivity contribution >= 4 is 27.3 Å². The highest BCUT2D eigenvalue weighted by molar-refractivity contribution is 7.89. The van der Waals surface area contributed by atoms with Crippen LogP contribution in [0.1, 0.15) is 21.0 Å². The van der Waals surface area contributed by atoms with Crippen LogP contribution < -0.4 is 4.74 Å². The van der Waals surface area contributed by atoms with Crippen LogP contribution >= 0.6 is 11.3 Å². The van der Waals surface area contributed by atoms with Crippen molar-refractivity contribution in [3.63, 3.8) is 0 Å². The van der Waals surface area contributed by atoms with E-state index in [0.29, 0.717) is 30.1 Å². The van der Waals surface area contributed by atoms with E-state index in [4.69, 9.17) is 4.74 Å². The molecule has 0 radical (unpaired) electrons. The maximum Gasteiger partial charge on any atom is 0.264 e. The van der Waals surface area contributed by atoms with Gasteiger partial charge in [-0.15, -0.1) is 11.3 Å². The third-order valence-corrected chi connectivity index (χ3v) is 7.76. The van der Waals surface area contributed by atoms with Crippen LogP contribution in [0.4, 0.5) is 0 Å². The molecule has 138 valence electrons. The lowest BCUT2D eigenvalue weighted by atomic mass is 10.0. The summed E-state index contributed by atoms with van der Waals surface area (Å²) in [5.74, 6) is 0.338. The van der Waals surface area contributed by atoms with Crippen molar-refractivity contribution in [3.8, 4) is 5.75 Å². The first-order chi connectivity index (χ1) is 12.3. The Labute approximate surface area is 157 Å². The molecule has 1 fully saturated rings. The van der Waals surface area contributed by atoms with Crippen LogP contribution in [0.25, 0.3) is 0 Å². The molecule has 0 saturated carbocycles. The number of thiophene rings is 1. The Morgan fingerprint density at radius 1 is 1.19 bits per heavy atom. The summed E-state index contributed by atoms with van der Waals surface area (Å²) in [7, 11) is -2.04. The van der Waals surface area contributed by atoms with Gasteiger partial charge >= 0.3 is 0 Å². The van der Waals surface area contributed by atoms with Crippen LogP contribution in [-0.2, 0) is 10.0 Å². The van der Waals surface area contributed by atoms with Crippen LogP contribution in [0.3, 0.4) is 0 Å². The normalized spacial score (nSPS) is 24.9. The molecule has 0 N–H and O–H groups in total. The highest BCUT2D eigenvalue weighted by Crippen LogP contribution is 2.38. The van der Waals surface area contributed by atoms with Gasteiger partial charge in [0, 0.05) is 24.9 Å². The fourth-order valence-corrected chi connectivity index (χ4v) is 5.80. The van der Waals surface area contributed by atoms with Gasteiger partial charge in [0.2, 0.25) is 10.0 Å². The standard InChI is InChI=1S/C18H20N2O4S2/c1-13-7-8-15(25-13)17(21)20-10-9-18(12-20)11-19(2)26(22,23)16-6-4-3-5-14(16)24-18/h3-8H,9-12H2,1-2H3/t18-/m1/s1. The third kappa shape index (κ3) is 2.82. The number of hydrogen-bond acceptors (Lipinski definition) is 5. The Kier molecular flexibility index (Phi) is 4.09. The zero-order valence-electron chi connectivity index (χ0n) is 14.6. The molecule has 1 aromatic heterocycles. The average molecular weight is 393 g/mol. The number of amides is 1. The first kappa shape index (κ1) is 17.5. The summed E-state index contributed by atoms with van der Waals surface area (Å²) in [5, 5.41) is 0. The van der Waals surface area contributed by atoms with Gasteiger partial charge in [-0.1, -0.05) is 12.1 Å². The Morgan fingerprint density at radius 3 is 2.69 bits per heavy atom. The zero-order valence-corrected chi connectivity index (χ0v) is 16.3. The smallest absolute Gasteiger partial charge is 0.264 e. The van der Waals surface area contributed by atoms with Crippen molar-refractivity contribution in [2.24, 2.45) is 0 Å². The summed E-state index contributed by atoms with van der Waals surface area (Å²) < 4.78 is 33.1. The predicted octanol–water partition coefficient (Wildman–Crippen LogP) is 2.35. The number of fused-ring (bicyclic) bond motifs is 1. The predicted molar refractivity (Wildman–Crippen MR) is 99.2 cm³/mol. The van der Waals surface area contributed by atoms with E-state index in [9.17, 15) is 13.2 Å². The number of sulfonamides is 1. The summed E-state index contributed by atoms with van der Waals surface area (Å²) in [6.07, 6.45) is 0.595. The minimum Gasteiger partial charge on any atom is -0.483 e. The second kappa shape index (κ2) is 6.07.